The summed E-state index contributed by atoms with van der Waals surface area (Å²) in [4.78, 5) is 27.9. The van der Waals surface area contributed by atoms with Crippen LogP contribution in [0.4, 0.5) is 10.1 Å². The highest BCUT2D eigenvalue weighted by atomic mass is 32.2. The number of nitrogens with zero attached hydrogens (tertiary/aromatic N) is 2. The number of halogens is 1. The molecule has 0 aliphatic carbocycles. The minimum absolute atomic E-state index is 0.0615. The van der Waals surface area contributed by atoms with Gasteiger partial charge in [-0.3, -0.25) is 13.9 Å². The van der Waals surface area contributed by atoms with Crippen LogP contribution in [0.5, 0.6) is 0 Å². The van der Waals surface area contributed by atoms with E-state index < -0.39 is 16.1 Å². The van der Waals surface area contributed by atoms with E-state index in [9.17, 15) is 22.4 Å². The molecule has 0 aromatic heterocycles. The molecule has 0 aliphatic heterocycles. The quantitative estimate of drug-likeness (QED) is 0.409. The standard InChI is InChI=1S/C28H40FN3O4S/c1-7-26(28(34)30-18-20(2)3)31(19-23-11-13-24(29)14-12-23)27(33)9-8-16-32(37(6,35)36)25-15-10-21(4)22(5)17-25/h10-15,17,20,26H,7-9,16,18-19H2,1-6H3,(H,30,34). The van der Waals surface area contributed by atoms with Crippen molar-refractivity contribution in [1.29, 1.82) is 0 Å². The summed E-state index contributed by atoms with van der Waals surface area (Å²) in [7, 11) is -3.56. The van der Waals surface area contributed by atoms with E-state index in [-0.39, 0.29) is 49.5 Å². The molecule has 1 N–H and O–H groups in total. The van der Waals surface area contributed by atoms with Gasteiger partial charge in [-0.15, -0.1) is 0 Å². The van der Waals surface area contributed by atoms with Crippen molar-refractivity contribution in [3.05, 3.63) is 65.0 Å². The minimum atomic E-state index is -3.56. The van der Waals surface area contributed by atoms with Gasteiger partial charge in [-0.05, 0) is 73.6 Å². The molecule has 2 aromatic rings. The number of benzene rings is 2. The third kappa shape index (κ3) is 9.14. The highest BCUT2D eigenvalue weighted by Crippen LogP contribution is 2.22. The molecule has 7 nitrogen and oxygen atoms in total. The Morgan fingerprint density at radius 2 is 1.68 bits per heavy atom. The van der Waals surface area contributed by atoms with E-state index in [2.05, 4.69) is 5.32 Å². The van der Waals surface area contributed by atoms with Gasteiger partial charge in [0.15, 0.2) is 0 Å². The van der Waals surface area contributed by atoms with Crippen molar-refractivity contribution in [2.75, 3.05) is 23.7 Å². The summed E-state index contributed by atoms with van der Waals surface area (Å²) in [6.45, 7) is 10.5. The predicted octanol–water partition coefficient (Wildman–Crippen LogP) is 4.57. The molecule has 0 saturated carbocycles. The number of amides is 2. The van der Waals surface area contributed by atoms with Crippen molar-refractivity contribution in [3.8, 4) is 0 Å². The lowest BCUT2D eigenvalue weighted by Crippen LogP contribution is -2.49. The van der Waals surface area contributed by atoms with Gasteiger partial charge in [0.2, 0.25) is 21.8 Å². The Labute approximate surface area is 221 Å². The molecule has 9 heteroatoms. The Bertz CT molecular complexity index is 1170. The summed E-state index contributed by atoms with van der Waals surface area (Å²) in [5.41, 5.74) is 3.30. The number of sulfonamides is 1. The fraction of sp³-hybridized carbons (Fsp3) is 0.500. The first-order valence-corrected chi connectivity index (χ1v) is 14.5. The molecule has 204 valence electrons. The van der Waals surface area contributed by atoms with E-state index in [0.717, 1.165) is 17.4 Å². The molecule has 0 radical (unpaired) electrons. The summed E-state index contributed by atoms with van der Waals surface area (Å²) in [5, 5.41) is 2.91. The topological polar surface area (TPSA) is 86.8 Å². The molecule has 0 bridgehead atoms. The zero-order valence-corrected chi connectivity index (χ0v) is 23.6. The third-order valence-electron chi connectivity index (χ3n) is 6.27. The first-order chi connectivity index (χ1) is 17.3. The first-order valence-electron chi connectivity index (χ1n) is 12.7. The second kappa shape index (κ2) is 13.6. The van der Waals surface area contributed by atoms with Crippen LogP contribution in [0.25, 0.3) is 0 Å². The molecule has 2 amide bonds. The molecular formula is C28H40FN3O4S. The van der Waals surface area contributed by atoms with Crippen LogP contribution >= 0.6 is 0 Å². The molecule has 0 fully saturated rings. The molecule has 1 atom stereocenters. The minimum Gasteiger partial charge on any atom is -0.354 e. The van der Waals surface area contributed by atoms with Gasteiger partial charge in [-0.25, -0.2) is 12.8 Å². The van der Waals surface area contributed by atoms with Crippen LogP contribution in [-0.4, -0.2) is 50.5 Å². The number of hydrogen-bond acceptors (Lipinski definition) is 4. The zero-order chi connectivity index (χ0) is 27.8. The van der Waals surface area contributed by atoms with Gasteiger partial charge in [0.25, 0.3) is 0 Å². The lowest BCUT2D eigenvalue weighted by atomic mass is 10.1. The highest BCUT2D eigenvalue weighted by Gasteiger charge is 2.29. The summed E-state index contributed by atoms with van der Waals surface area (Å²) < 4.78 is 39.8. The summed E-state index contributed by atoms with van der Waals surface area (Å²) >= 11 is 0. The molecule has 0 spiro atoms. The van der Waals surface area contributed by atoms with Crippen LogP contribution in [0, 0.1) is 25.6 Å². The Kier molecular flexibility index (Phi) is 11.1. The van der Waals surface area contributed by atoms with Crippen LogP contribution in [0.3, 0.4) is 0 Å². The maximum atomic E-state index is 13.4. The van der Waals surface area contributed by atoms with Gasteiger partial charge in [-0.2, -0.15) is 0 Å². The Hall–Kier alpha value is -2.94. The van der Waals surface area contributed by atoms with E-state index in [1.165, 1.54) is 21.3 Å². The van der Waals surface area contributed by atoms with Crippen molar-refractivity contribution >= 4 is 27.5 Å². The van der Waals surface area contributed by atoms with E-state index in [1.54, 1.807) is 18.2 Å². The van der Waals surface area contributed by atoms with E-state index in [4.69, 9.17) is 0 Å². The van der Waals surface area contributed by atoms with Crippen LogP contribution in [-0.2, 0) is 26.2 Å². The third-order valence-corrected chi connectivity index (χ3v) is 7.46. The van der Waals surface area contributed by atoms with Gasteiger partial charge in [0, 0.05) is 26.1 Å². The van der Waals surface area contributed by atoms with Gasteiger partial charge in [0.1, 0.15) is 11.9 Å². The molecular weight excluding hydrogens is 493 g/mol. The molecule has 0 saturated heterocycles. The molecule has 2 aromatic carbocycles. The van der Waals surface area contributed by atoms with E-state index in [1.807, 2.05) is 46.8 Å². The zero-order valence-electron chi connectivity index (χ0n) is 22.8. The Morgan fingerprint density at radius 3 is 2.22 bits per heavy atom. The van der Waals surface area contributed by atoms with Crippen molar-refractivity contribution in [3.63, 3.8) is 0 Å². The first kappa shape index (κ1) is 30.3. The van der Waals surface area contributed by atoms with E-state index >= 15 is 0 Å². The van der Waals surface area contributed by atoms with Crippen molar-refractivity contribution < 1.29 is 22.4 Å². The van der Waals surface area contributed by atoms with Crippen molar-refractivity contribution in [2.45, 2.75) is 66.5 Å². The molecule has 0 aliphatic rings. The molecule has 37 heavy (non-hydrogen) atoms. The fourth-order valence-corrected chi connectivity index (χ4v) is 4.97. The maximum absolute atomic E-state index is 13.4. The highest BCUT2D eigenvalue weighted by molar-refractivity contribution is 7.92. The Morgan fingerprint density at radius 1 is 1.03 bits per heavy atom. The number of carbonyl (C=O) groups is 2. The van der Waals surface area contributed by atoms with Gasteiger partial charge in [-0.1, -0.05) is 39.0 Å². The number of carbonyl (C=O) groups excluding carboxylic acids is 2. The van der Waals surface area contributed by atoms with Crippen LogP contribution in [0.1, 0.15) is 56.7 Å². The molecule has 0 heterocycles. The smallest absolute Gasteiger partial charge is 0.242 e. The van der Waals surface area contributed by atoms with Gasteiger partial charge >= 0.3 is 0 Å². The van der Waals surface area contributed by atoms with Gasteiger partial charge < -0.3 is 10.2 Å². The Balaban J connectivity index is 2.22. The summed E-state index contributed by atoms with van der Waals surface area (Å²) in [6.07, 6.45) is 1.90. The average molecular weight is 534 g/mol. The predicted molar refractivity (Wildman–Crippen MR) is 146 cm³/mol. The molecule has 2 rings (SSSR count). The van der Waals surface area contributed by atoms with Crippen LogP contribution in [0.2, 0.25) is 0 Å². The van der Waals surface area contributed by atoms with Crippen LogP contribution < -0.4 is 9.62 Å². The second-order valence-electron chi connectivity index (χ2n) is 9.92. The maximum Gasteiger partial charge on any atom is 0.242 e. The number of nitrogens with one attached hydrogen (secondary N) is 1. The summed E-state index contributed by atoms with van der Waals surface area (Å²) in [6, 6.07) is 10.6. The lowest BCUT2D eigenvalue weighted by molar-refractivity contribution is -0.141. The number of hydrogen-bond donors (Lipinski definition) is 1. The number of rotatable bonds is 13. The largest absolute Gasteiger partial charge is 0.354 e. The average Bonchev–Trinajstić information content (AvgIpc) is 2.82. The van der Waals surface area contributed by atoms with E-state index in [0.29, 0.717) is 24.2 Å². The van der Waals surface area contributed by atoms with Gasteiger partial charge in [0.05, 0.1) is 11.9 Å². The van der Waals surface area contributed by atoms with Crippen molar-refractivity contribution in [1.82, 2.24) is 10.2 Å². The van der Waals surface area contributed by atoms with Crippen molar-refractivity contribution in [2.24, 2.45) is 5.92 Å². The monoisotopic (exact) mass is 533 g/mol. The number of aryl methyl sites for hydroxylation is 2. The fourth-order valence-electron chi connectivity index (χ4n) is 4.01. The SMILES string of the molecule is CCC(C(=O)NCC(C)C)N(Cc1ccc(F)cc1)C(=O)CCCN(c1ccc(C)c(C)c1)S(C)(=O)=O. The van der Waals surface area contributed by atoms with Crippen LogP contribution in [0.15, 0.2) is 42.5 Å². The number of anilines is 1. The summed E-state index contributed by atoms with van der Waals surface area (Å²) in [5.74, 6) is -0.616. The molecule has 1 unspecified atom stereocenters. The lowest BCUT2D eigenvalue weighted by Gasteiger charge is -2.31. The normalized spacial score (nSPS) is 12.3. The second-order valence-corrected chi connectivity index (χ2v) is 11.8.